The fourth-order valence-corrected chi connectivity index (χ4v) is 3.54. The van der Waals surface area contributed by atoms with Crippen molar-refractivity contribution >= 4 is 17.7 Å². The molecule has 1 heterocycles. The minimum Gasteiger partial charge on any atom is -0.350 e. The molecule has 0 bridgehead atoms. The van der Waals surface area contributed by atoms with Gasteiger partial charge in [0.15, 0.2) is 0 Å². The van der Waals surface area contributed by atoms with Crippen LogP contribution >= 0.6 is 0 Å². The van der Waals surface area contributed by atoms with Crippen LogP contribution in [0.15, 0.2) is 48.5 Å². The first-order chi connectivity index (χ1) is 13.9. The number of nitrogens with one attached hydrogen (secondary N) is 2. The largest absolute Gasteiger partial charge is 0.350 e. The van der Waals surface area contributed by atoms with Crippen LogP contribution in [0.5, 0.6) is 0 Å². The van der Waals surface area contributed by atoms with Crippen LogP contribution in [-0.4, -0.2) is 35.2 Å². The van der Waals surface area contributed by atoms with Gasteiger partial charge in [0.25, 0.3) is 0 Å². The maximum absolute atomic E-state index is 12.2. The molecule has 0 unspecified atom stereocenters. The van der Waals surface area contributed by atoms with Gasteiger partial charge in [-0.15, -0.1) is 0 Å². The molecule has 1 atom stereocenters. The fourth-order valence-electron chi connectivity index (χ4n) is 3.54. The normalized spacial score (nSPS) is 14.6. The van der Waals surface area contributed by atoms with Crippen molar-refractivity contribution in [3.8, 4) is 11.1 Å². The van der Waals surface area contributed by atoms with Gasteiger partial charge in [-0.1, -0.05) is 48.5 Å². The molecule has 2 N–H and O–H groups in total. The van der Waals surface area contributed by atoms with Crippen LogP contribution in [0.3, 0.4) is 0 Å². The van der Waals surface area contributed by atoms with Crippen LogP contribution in [0.2, 0.25) is 0 Å². The molecule has 3 rings (SSSR count). The predicted molar refractivity (Wildman–Crippen MR) is 112 cm³/mol. The van der Waals surface area contributed by atoms with Crippen molar-refractivity contribution in [1.29, 1.82) is 0 Å². The summed E-state index contributed by atoms with van der Waals surface area (Å²) in [6.07, 6.45) is 1.59. The van der Waals surface area contributed by atoms with Gasteiger partial charge in [-0.25, -0.2) is 0 Å². The molecule has 0 aromatic heterocycles. The Morgan fingerprint density at radius 2 is 1.83 bits per heavy atom. The molecular weight excluding hydrogens is 366 g/mol. The third-order valence-electron chi connectivity index (χ3n) is 5.09. The summed E-state index contributed by atoms with van der Waals surface area (Å²) in [4.78, 5) is 37.0. The Hall–Kier alpha value is -3.15. The van der Waals surface area contributed by atoms with E-state index in [9.17, 15) is 14.4 Å². The lowest BCUT2D eigenvalue weighted by Gasteiger charge is -2.17. The Kier molecular flexibility index (Phi) is 6.65. The zero-order valence-electron chi connectivity index (χ0n) is 16.9. The quantitative estimate of drug-likeness (QED) is 0.759. The third-order valence-corrected chi connectivity index (χ3v) is 5.09. The summed E-state index contributed by atoms with van der Waals surface area (Å²) in [6.45, 7) is 4.91. The zero-order chi connectivity index (χ0) is 20.8. The van der Waals surface area contributed by atoms with Gasteiger partial charge in [0, 0.05) is 33.0 Å². The number of benzene rings is 2. The number of amides is 3. The van der Waals surface area contributed by atoms with Crippen molar-refractivity contribution in [2.24, 2.45) is 0 Å². The summed E-state index contributed by atoms with van der Waals surface area (Å²) in [6, 6.07) is 15.5. The molecule has 6 heteroatoms. The highest BCUT2D eigenvalue weighted by Gasteiger charge is 2.20. The number of rotatable bonds is 7. The van der Waals surface area contributed by atoms with Crippen LogP contribution in [0.1, 0.15) is 37.8 Å². The lowest BCUT2D eigenvalue weighted by atomic mass is 9.98. The van der Waals surface area contributed by atoms with E-state index in [1.807, 2.05) is 29.2 Å². The van der Waals surface area contributed by atoms with Crippen LogP contribution in [-0.2, 0) is 27.5 Å². The number of carbonyl (C=O) groups excluding carboxylic acids is 3. The second-order valence-electron chi connectivity index (χ2n) is 7.41. The maximum Gasteiger partial charge on any atom is 0.242 e. The van der Waals surface area contributed by atoms with E-state index in [1.54, 1.807) is 6.92 Å². The standard InChI is InChI=1S/C23H27N3O3/c1-16(25-17(2)27)23(29)24-14-20-6-3-4-7-21(20)19-11-9-18(10-12-19)15-26-13-5-8-22(26)28/h3-4,6-7,9-12,16H,5,8,13-15H2,1-2H3,(H,24,29)(H,25,27)/t16-/m1/s1. The number of carbonyl (C=O) groups is 3. The molecule has 2 aromatic carbocycles. The molecule has 1 aliphatic rings. The van der Waals surface area contributed by atoms with Gasteiger partial charge in [-0.2, -0.15) is 0 Å². The van der Waals surface area contributed by atoms with Crippen LogP contribution in [0, 0.1) is 0 Å². The summed E-state index contributed by atoms with van der Waals surface area (Å²) >= 11 is 0. The smallest absolute Gasteiger partial charge is 0.242 e. The van der Waals surface area contributed by atoms with E-state index in [0.717, 1.165) is 35.2 Å². The van der Waals surface area contributed by atoms with Crippen molar-refractivity contribution < 1.29 is 14.4 Å². The van der Waals surface area contributed by atoms with E-state index in [1.165, 1.54) is 6.92 Å². The molecule has 152 valence electrons. The first-order valence-electron chi connectivity index (χ1n) is 9.94. The highest BCUT2D eigenvalue weighted by atomic mass is 16.2. The number of hydrogen-bond donors (Lipinski definition) is 2. The van der Waals surface area contributed by atoms with Gasteiger partial charge in [0.2, 0.25) is 17.7 Å². The van der Waals surface area contributed by atoms with Crippen molar-refractivity contribution in [1.82, 2.24) is 15.5 Å². The average molecular weight is 393 g/mol. The monoisotopic (exact) mass is 393 g/mol. The Morgan fingerprint density at radius 1 is 1.10 bits per heavy atom. The van der Waals surface area contributed by atoms with Crippen molar-refractivity contribution in [2.75, 3.05) is 6.54 Å². The summed E-state index contributed by atoms with van der Waals surface area (Å²) in [5, 5.41) is 5.47. The first kappa shape index (κ1) is 20.6. The van der Waals surface area contributed by atoms with Gasteiger partial charge in [0.1, 0.15) is 6.04 Å². The van der Waals surface area contributed by atoms with E-state index in [0.29, 0.717) is 19.5 Å². The molecule has 0 aliphatic carbocycles. The van der Waals surface area contributed by atoms with Gasteiger partial charge in [-0.05, 0) is 35.6 Å². The van der Waals surface area contributed by atoms with Crippen molar-refractivity contribution in [3.05, 3.63) is 59.7 Å². The molecule has 0 radical (unpaired) electrons. The second kappa shape index (κ2) is 9.37. The minimum absolute atomic E-state index is 0.222. The lowest BCUT2D eigenvalue weighted by molar-refractivity contribution is -0.128. The topological polar surface area (TPSA) is 78.5 Å². The molecule has 6 nitrogen and oxygen atoms in total. The van der Waals surface area contributed by atoms with E-state index >= 15 is 0 Å². The molecule has 1 fully saturated rings. The molecule has 1 saturated heterocycles. The Bertz CT molecular complexity index is 892. The van der Waals surface area contributed by atoms with Crippen molar-refractivity contribution in [2.45, 2.75) is 45.8 Å². The first-order valence-corrected chi connectivity index (χ1v) is 9.94. The van der Waals surface area contributed by atoms with E-state index in [-0.39, 0.29) is 17.7 Å². The summed E-state index contributed by atoms with van der Waals surface area (Å²) in [5.41, 5.74) is 4.21. The maximum atomic E-state index is 12.2. The molecule has 1 aliphatic heterocycles. The van der Waals surface area contributed by atoms with E-state index in [2.05, 4.69) is 34.9 Å². The molecule has 2 aromatic rings. The molecule has 0 spiro atoms. The summed E-state index contributed by atoms with van der Waals surface area (Å²) in [7, 11) is 0. The molecule has 0 saturated carbocycles. The van der Waals surface area contributed by atoms with Crippen LogP contribution in [0.25, 0.3) is 11.1 Å². The minimum atomic E-state index is -0.577. The lowest BCUT2D eigenvalue weighted by Crippen LogP contribution is -2.43. The fraction of sp³-hybridized carbons (Fsp3) is 0.348. The average Bonchev–Trinajstić information content (AvgIpc) is 3.11. The second-order valence-corrected chi connectivity index (χ2v) is 7.41. The van der Waals surface area contributed by atoms with Gasteiger partial charge >= 0.3 is 0 Å². The van der Waals surface area contributed by atoms with E-state index < -0.39 is 6.04 Å². The number of likely N-dealkylation sites (tertiary alicyclic amines) is 1. The highest BCUT2D eigenvalue weighted by Crippen LogP contribution is 2.25. The van der Waals surface area contributed by atoms with E-state index in [4.69, 9.17) is 0 Å². The highest BCUT2D eigenvalue weighted by molar-refractivity contribution is 5.86. The van der Waals surface area contributed by atoms with Gasteiger partial charge in [-0.3, -0.25) is 14.4 Å². The summed E-state index contributed by atoms with van der Waals surface area (Å²) < 4.78 is 0. The third kappa shape index (κ3) is 5.44. The predicted octanol–water partition coefficient (Wildman–Crippen LogP) is 2.62. The van der Waals surface area contributed by atoms with Crippen LogP contribution in [0.4, 0.5) is 0 Å². The van der Waals surface area contributed by atoms with Crippen molar-refractivity contribution in [3.63, 3.8) is 0 Å². The number of hydrogen-bond acceptors (Lipinski definition) is 3. The zero-order valence-corrected chi connectivity index (χ0v) is 16.9. The number of nitrogens with zero attached hydrogens (tertiary/aromatic N) is 1. The molecular formula is C23H27N3O3. The summed E-state index contributed by atoms with van der Waals surface area (Å²) in [5.74, 6) is -0.229. The van der Waals surface area contributed by atoms with Gasteiger partial charge < -0.3 is 15.5 Å². The molecule has 29 heavy (non-hydrogen) atoms. The Labute approximate surface area is 171 Å². The Balaban J connectivity index is 1.67. The Morgan fingerprint density at radius 3 is 2.48 bits per heavy atom. The van der Waals surface area contributed by atoms with Gasteiger partial charge in [0.05, 0.1) is 0 Å². The SMILES string of the molecule is CC(=O)N[C@H](C)C(=O)NCc1ccccc1-c1ccc(CN2CCCC2=O)cc1. The van der Waals surface area contributed by atoms with Crippen LogP contribution < -0.4 is 10.6 Å². The molecule has 3 amide bonds.